The van der Waals surface area contributed by atoms with Crippen LogP contribution in [0.2, 0.25) is 0 Å². The number of hydrogen-bond acceptors (Lipinski definition) is 4. The summed E-state index contributed by atoms with van der Waals surface area (Å²) < 4.78 is 13.4. The van der Waals surface area contributed by atoms with Crippen LogP contribution in [0.1, 0.15) is 57.4 Å². The van der Waals surface area contributed by atoms with Crippen molar-refractivity contribution >= 4 is 23.9 Å². The summed E-state index contributed by atoms with van der Waals surface area (Å²) in [4.78, 5) is 50.8. The Kier molecular flexibility index (Phi) is 6.69. The number of unbranched alkanes of at least 4 members (excludes halogenated alkanes) is 1. The van der Waals surface area contributed by atoms with Gasteiger partial charge in [0.25, 0.3) is 5.91 Å². The van der Waals surface area contributed by atoms with Gasteiger partial charge in [0.1, 0.15) is 17.9 Å². The van der Waals surface area contributed by atoms with Crippen LogP contribution >= 0.6 is 0 Å². The number of carbonyl (C=O) groups excluding carboxylic acids is 4. The van der Waals surface area contributed by atoms with Gasteiger partial charge >= 0.3 is 12.1 Å². The van der Waals surface area contributed by atoms with E-state index in [9.17, 15) is 23.6 Å². The van der Waals surface area contributed by atoms with Gasteiger partial charge in [-0.25, -0.2) is 14.0 Å². The zero-order chi connectivity index (χ0) is 21.7. The molecule has 1 aromatic rings. The van der Waals surface area contributed by atoms with E-state index in [2.05, 4.69) is 16.0 Å². The number of halogens is 1. The van der Waals surface area contributed by atoms with E-state index in [1.54, 1.807) is 0 Å². The number of imide groups is 2. The Labute approximate surface area is 174 Å². The first kappa shape index (κ1) is 21.7. The molecule has 8 nitrogen and oxygen atoms in total. The quantitative estimate of drug-likeness (QED) is 0.592. The molecule has 1 saturated heterocycles. The van der Waals surface area contributed by atoms with E-state index in [1.807, 2.05) is 6.92 Å². The van der Waals surface area contributed by atoms with Gasteiger partial charge < -0.3 is 10.6 Å². The number of amides is 6. The maximum atomic E-state index is 13.4. The fourth-order valence-electron chi connectivity index (χ4n) is 4.06. The Morgan fingerprint density at radius 1 is 1.20 bits per heavy atom. The van der Waals surface area contributed by atoms with Gasteiger partial charge in [-0.15, -0.1) is 0 Å². The fourth-order valence-corrected chi connectivity index (χ4v) is 4.06. The van der Waals surface area contributed by atoms with Gasteiger partial charge in [-0.1, -0.05) is 44.7 Å². The maximum absolute atomic E-state index is 13.4. The monoisotopic (exact) mass is 418 g/mol. The largest absolute Gasteiger partial charge is 0.335 e. The molecule has 0 unspecified atom stereocenters. The van der Waals surface area contributed by atoms with E-state index in [1.165, 1.54) is 24.3 Å². The SMILES string of the molecule is CCCC[C@@]1(c2ccc(F)cc2)NC(=O)N(CC(=O)NC(=O)NC2CCCC2)C1=O. The summed E-state index contributed by atoms with van der Waals surface area (Å²) in [6, 6.07) is 4.07. The van der Waals surface area contributed by atoms with Crippen molar-refractivity contribution in [2.24, 2.45) is 0 Å². The number of nitrogens with one attached hydrogen (secondary N) is 3. The summed E-state index contributed by atoms with van der Waals surface area (Å²) in [5.74, 6) is -1.79. The molecular formula is C21H27FN4O4. The average molecular weight is 418 g/mol. The first-order valence-electron chi connectivity index (χ1n) is 10.4. The third-order valence-electron chi connectivity index (χ3n) is 5.66. The van der Waals surface area contributed by atoms with Gasteiger partial charge in [0, 0.05) is 6.04 Å². The van der Waals surface area contributed by atoms with Crippen LogP contribution in [-0.4, -0.2) is 41.4 Å². The van der Waals surface area contributed by atoms with Crippen molar-refractivity contribution < 1.29 is 23.6 Å². The van der Waals surface area contributed by atoms with E-state index >= 15 is 0 Å². The Morgan fingerprint density at radius 3 is 2.50 bits per heavy atom. The highest BCUT2D eigenvalue weighted by molar-refractivity contribution is 6.10. The summed E-state index contributed by atoms with van der Waals surface area (Å²) in [5.41, 5.74) is -0.898. The van der Waals surface area contributed by atoms with Crippen molar-refractivity contribution in [3.05, 3.63) is 35.6 Å². The minimum absolute atomic E-state index is 0.0367. The molecular weight excluding hydrogens is 391 g/mol. The molecule has 3 N–H and O–H groups in total. The van der Waals surface area contributed by atoms with Crippen LogP contribution in [0.15, 0.2) is 24.3 Å². The Bertz CT molecular complexity index is 823. The lowest BCUT2D eigenvalue weighted by Crippen LogP contribution is -2.48. The summed E-state index contributed by atoms with van der Waals surface area (Å²) in [7, 11) is 0. The third-order valence-corrected chi connectivity index (χ3v) is 5.66. The van der Waals surface area contributed by atoms with Crippen LogP contribution in [0.25, 0.3) is 0 Å². The second kappa shape index (κ2) is 9.23. The smallest absolute Gasteiger partial charge is 0.325 e. The molecule has 0 bridgehead atoms. The minimum atomic E-state index is -1.35. The van der Waals surface area contributed by atoms with Gasteiger partial charge in [-0.3, -0.25) is 19.8 Å². The predicted octanol–water partition coefficient (Wildman–Crippen LogP) is 2.53. The van der Waals surface area contributed by atoms with E-state index in [0.29, 0.717) is 18.4 Å². The van der Waals surface area contributed by atoms with Crippen molar-refractivity contribution in [2.75, 3.05) is 6.54 Å². The van der Waals surface area contributed by atoms with Crippen molar-refractivity contribution in [1.29, 1.82) is 0 Å². The highest BCUT2D eigenvalue weighted by Gasteiger charge is 2.52. The van der Waals surface area contributed by atoms with E-state index in [4.69, 9.17) is 0 Å². The van der Waals surface area contributed by atoms with Crippen LogP contribution in [0, 0.1) is 5.82 Å². The Balaban J connectivity index is 1.70. The molecule has 1 heterocycles. The fraction of sp³-hybridized carbons (Fsp3) is 0.524. The molecule has 9 heteroatoms. The first-order chi connectivity index (χ1) is 14.4. The van der Waals surface area contributed by atoms with Crippen LogP contribution < -0.4 is 16.0 Å². The Hall–Kier alpha value is -2.97. The number of nitrogens with zero attached hydrogens (tertiary/aromatic N) is 1. The molecule has 0 spiro atoms. The average Bonchev–Trinajstić information content (AvgIpc) is 3.29. The number of benzene rings is 1. The topological polar surface area (TPSA) is 108 Å². The highest BCUT2D eigenvalue weighted by atomic mass is 19.1. The van der Waals surface area contributed by atoms with E-state index in [-0.39, 0.29) is 6.04 Å². The van der Waals surface area contributed by atoms with Crippen LogP contribution in [0.3, 0.4) is 0 Å². The third kappa shape index (κ3) is 4.60. The number of carbonyl (C=O) groups is 4. The lowest BCUT2D eigenvalue weighted by atomic mass is 9.85. The van der Waals surface area contributed by atoms with Gasteiger partial charge in [-0.2, -0.15) is 0 Å². The molecule has 6 amide bonds. The molecule has 30 heavy (non-hydrogen) atoms. The van der Waals surface area contributed by atoms with E-state index in [0.717, 1.165) is 37.0 Å². The first-order valence-corrected chi connectivity index (χ1v) is 10.4. The molecule has 1 aliphatic heterocycles. The number of urea groups is 2. The van der Waals surface area contributed by atoms with Gasteiger partial charge in [0.05, 0.1) is 0 Å². The lowest BCUT2D eigenvalue weighted by Gasteiger charge is -2.27. The number of rotatable bonds is 7. The summed E-state index contributed by atoms with van der Waals surface area (Å²) >= 11 is 0. The lowest BCUT2D eigenvalue weighted by molar-refractivity contribution is -0.135. The second-order valence-electron chi connectivity index (χ2n) is 7.84. The molecule has 1 saturated carbocycles. The predicted molar refractivity (Wildman–Crippen MR) is 107 cm³/mol. The summed E-state index contributed by atoms with van der Waals surface area (Å²) in [6.45, 7) is 1.38. The zero-order valence-electron chi connectivity index (χ0n) is 17.0. The normalized spacial score (nSPS) is 21.6. The molecule has 1 aliphatic carbocycles. The van der Waals surface area contributed by atoms with Crippen molar-refractivity contribution in [3.63, 3.8) is 0 Å². The molecule has 1 atom stereocenters. The van der Waals surface area contributed by atoms with Gasteiger partial charge in [-0.05, 0) is 37.0 Å². The minimum Gasteiger partial charge on any atom is -0.335 e. The molecule has 162 valence electrons. The molecule has 1 aromatic carbocycles. The molecule has 2 fully saturated rings. The molecule has 0 radical (unpaired) electrons. The van der Waals surface area contributed by atoms with Crippen molar-refractivity contribution in [2.45, 2.75) is 63.5 Å². The van der Waals surface area contributed by atoms with Crippen molar-refractivity contribution in [3.8, 4) is 0 Å². The molecule has 0 aromatic heterocycles. The number of hydrogen-bond donors (Lipinski definition) is 3. The van der Waals surface area contributed by atoms with E-state index < -0.39 is 41.8 Å². The van der Waals surface area contributed by atoms with Gasteiger partial charge in [0.2, 0.25) is 5.91 Å². The second-order valence-corrected chi connectivity index (χ2v) is 7.84. The molecule has 3 rings (SSSR count). The standard InChI is InChI=1S/C21H27FN4O4/c1-2-3-12-21(14-8-10-15(22)11-9-14)18(28)26(20(30)25-21)13-17(27)24-19(29)23-16-6-4-5-7-16/h8-11,16H,2-7,12-13H2,1H3,(H,25,30)(H2,23,24,27,29)/t21-/m0/s1. The molecule has 2 aliphatic rings. The summed E-state index contributed by atoms with van der Waals surface area (Å²) in [6.07, 6.45) is 5.55. The van der Waals surface area contributed by atoms with Crippen LogP contribution in [-0.2, 0) is 15.1 Å². The van der Waals surface area contributed by atoms with Crippen molar-refractivity contribution in [1.82, 2.24) is 20.9 Å². The zero-order valence-corrected chi connectivity index (χ0v) is 17.0. The van der Waals surface area contributed by atoms with Gasteiger partial charge in [0.15, 0.2) is 0 Å². The van der Waals surface area contributed by atoms with Crippen LogP contribution in [0.5, 0.6) is 0 Å². The van der Waals surface area contributed by atoms with Crippen LogP contribution in [0.4, 0.5) is 14.0 Å². The summed E-state index contributed by atoms with van der Waals surface area (Å²) in [5, 5.41) is 7.59. The highest BCUT2D eigenvalue weighted by Crippen LogP contribution is 2.34. The maximum Gasteiger partial charge on any atom is 0.325 e. The Morgan fingerprint density at radius 2 is 1.87 bits per heavy atom.